The molecule has 0 bridgehead atoms. The van der Waals surface area contributed by atoms with Crippen molar-refractivity contribution in [2.75, 3.05) is 39.3 Å². The lowest BCUT2D eigenvalue weighted by Gasteiger charge is -2.25. The van der Waals surface area contributed by atoms with Crippen molar-refractivity contribution in [2.24, 2.45) is 0 Å². The minimum absolute atomic E-state index is 1.32. The fraction of sp³-hybridized carbons (Fsp3) is 1.00. The number of unbranched alkanes of at least 4 members (excludes halogenated alkanes) is 26. The lowest BCUT2D eigenvalue weighted by atomic mass is 10.0. The van der Waals surface area contributed by atoms with Gasteiger partial charge in [0.1, 0.15) is 0 Å². The Morgan fingerprint density at radius 2 is 0.625 bits per heavy atom. The second-order valence-electron chi connectivity index (χ2n) is 13.6. The standard InChI is InChI=1S/C38H78N2/c1-3-5-7-9-11-13-15-17-19-21-23-25-27-29-33-39(37-38-40-35-31-32-36-40)34-30-28-26-24-22-20-18-16-14-12-10-8-6-4-2/h3-38H2,1-2H3. The molecule has 0 amide bonds. The highest BCUT2D eigenvalue weighted by atomic mass is 15.2. The van der Waals surface area contributed by atoms with E-state index < -0.39 is 0 Å². The molecule has 40 heavy (non-hydrogen) atoms. The summed E-state index contributed by atoms with van der Waals surface area (Å²) in [5.74, 6) is 0. The number of likely N-dealkylation sites (tertiary alicyclic amines) is 1. The van der Waals surface area contributed by atoms with E-state index >= 15 is 0 Å². The maximum Gasteiger partial charge on any atom is 0.0109 e. The third kappa shape index (κ3) is 26.8. The molecule has 0 spiro atoms. The molecule has 0 saturated carbocycles. The summed E-state index contributed by atoms with van der Waals surface area (Å²) in [4.78, 5) is 5.54. The van der Waals surface area contributed by atoms with E-state index in [9.17, 15) is 0 Å². The van der Waals surface area contributed by atoms with E-state index in [0.29, 0.717) is 0 Å². The van der Waals surface area contributed by atoms with Gasteiger partial charge in [0.05, 0.1) is 0 Å². The summed E-state index contributed by atoms with van der Waals surface area (Å²) in [6.07, 6.45) is 43.8. The molecule has 0 N–H and O–H groups in total. The Hall–Kier alpha value is -0.0800. The highest BCUT2D eigenvalue weighted by molar-refractivity contribution is 4.69. The Morgan fingerprint density at radius 1 is 0.350 bits per heavy atom. The van der Waals surface area contributed by atoms with Crippen molar-refractivity contribution in [1.29, 1.82) is 0 Å². The molecule has 1 aliphatic rings. The Balaban J connectivity index is 1.97. The summed E-state index contributed by atoms with van der Waals surface area (Å²) < 4.78 is 0. The van der Waals surface area contributed by atoms with Crippen LogP contribution in [0.4, 0.5) is 0 Å². The molecule has 1 saturated heterocycles. The SMILES string of the molecule is CCCCCCCCCCCCCCCCN(CCCCCCCCCCCCCCCC)CCN1CCCC1. The smallest absolute Gasteiger partial charge is 0.0109 e. The zero-order valence-electron chi connectivity index (χ0n) is 28.4. The molecular formula is C38H78N2. The van der Waals surface area contributed by atoms with Gasteiger partial charge in [-0.1, -0.05) is 181 Å². The molecule has 2 heteroatoms. The predicted octanol–water partition coefficient (Wildman–Crippen LogP) is 12.3. The van der Waals surface area contributed by atoms with Crippen LogP contribution in [0.15, 0.2) is 0 Å². The molecule has 1 heterocycles. The summed E-state index contributed by atoms with van der Waals surface area (Å²) in [5, 5.41) is 0. The Morgan fingerprint density at radius 3 is 0.925 bits per heavy atom. The van der Waals surface area contributed by atoms with Gasteiger partial charge in [-0.2, -0.15) is 0 Å². The lowest BCUT2D eigenvalue weighted by Crippen LogP contribution is -2.35. The number of rotatable bonds is 33. The van der Waals surface area contributed by atoms with Gasteiger partial charge < -0.3 is 9.80 Å². The molecule has 0 aromatic heterocycles. The molecule has 1 fully saturated rings. The highest BCUT2D eigenvalue weighted by Gasteiger charge is 2.13. The van der Waals surface area contributed by atoms with E-state index in [4.69, 9.17) is 0 Å². The number of nitrogens with zero attached hydrogens (tertiary/aromatic N) is 2. The van der Waals surface area contributed by atoms with Crippen LogP contribution < -0.4 is 0 Å². The van der Waals surface area contributed by atoms with Crippen LogP contribution in [0.25, 0.3) is 0 Å². The molecule has 0 aromatic rings. The minimum atomic E-state index is 1.32. The van der Waals surface area contributed by atoms with Crippen LogP contribution in [0.3, 0.4) is 0 Å². The summed E-state index contributed by atoms with van der Waals surface area (Å²) in [5.41, 5.74) is 0. The van der Waals surface area contributed by atoms with Gasteiger partial charge in [-0.3, -0.25) is 0 Å². The van der Waals surface area contributed by atoms with Gasteiger partial charge in [-0.25, -0.2) is 0 Å². The minimum Gasteiger partial charge on any atom is -0.302 e. The first kappa shape index (κ1) is 37.9. The Kier molecular flexibility index (Phi) is 30.2. The zero-order valence-corrected chi connectivity index (χ0v) is 28.4. The fourth-order valence-electron chi connectivity index (χ4n) is 6.68. The number of hydrogen-bond donors (Lipinski definition) is 0. The molecule has 2 nitrogen and oxygen atoms in total. The molecule has 0 radical (unpaired) electrons. The van der Waals surface area contributed by atoms with Gasteiger partial charge in [-0.05, 0) is 51.9 Å². The van der Waals surface area contributed by atoms with Crippen molar-refractivity contribution < 1.29 is 0 Å². The van der Waals surface area contributed by atoms with Gasteiger partial charge in [0.2, 0.25) is 0 Å². The van der Waals surface area contributed by atoms with Gasteiger partial charge in [-0.15, -0.1) is 0 Å². The molecule has 0 aliphatic carbocycles. The van der Waals surface area contributed by atoms with Crippen molar-refractivity contribution in [2.45, 2.75) is 206 Å². The van der Waals surface area contributed by atoms with E-state index in [1.54, 1.807) is 0 Å². The Bertz CT molecular complexity index is 426. The summed E-state index contributed by atoms with van der Waals surface area (Å²) in [6.45, 7) is 12.7. The Labute approximate surface area is 255 Å². The molecule has 1 aliphatic heterocycles. The maximum absolute atomic E-state index is 2.83. The van der Waals surface area contributed by atoms with E-state index in [-0.39, 0.29) is 0 Å². The quantitative estimate of drug-likeness (QED) is 0.0734. The monoisotopic (exact) mass is 563 g/mol. The summed E-state index contributed by atoms with van der Waals surface area (Å²) in [6, 6.07) is 0. The van der Waals surface area contributed by atoms with Crippen molar-refractivity contribution in [1.82, 2.24) is 9.80 Å². The van der Waals surface area contributed by atoms with Crippen molar-refractivity contribution in [3.8, 4) is 0 Å². The van der Waals surface area contributed by atoms with Gasteiger partial charge in [0, 0.05) is 13.1 Å². The summed E-state index contributed by atoms with van der Waals surface area (Å²) in [7, 11) is 0. The van der Waals surface area contributed by atoms with E-state index in [1.165, 1.54) is 232 Å². The van der Waals surface area contributed by atoms with E-state index in [2.05, 4.69) is 23.6 Å². The normalized spacial score (nSPS) is 14.2. The van der Waals surface area contributed by atoms with Crippen LogP contribution in [0.2, 0.25) is 0 Å². The van der Waals surface area contributed by atoms with E-state index in [1.807, 2.05) is 0 Å². The van der Waals surface area contributed by atoms with Crippen molar-refractivity contribution >= 4 is 0 Å². The van der Waals surface area contributed by atoms with Crippen LogP contribution in [-0.2, 0) is 0 Å². The molecule has 1 rings (SSSR count). The van der Waals surface area contributed by atoms with Crippen molar-refractivity contribution in [3.63, 3.8) is 0 Å². The van der Waals surface area contributed by atoms with Crippen LogP contribution in [0, 0.1) is 0 Å². The van der Waals surface area contributed by atoms with Crippen LogP contribution >= 0.6 is 0 Å². The average molecular weight is 563 g/mol. The first-order valence-corrected chi connectivity index (χ1v) is 19.3. The van der Waals surface area contributed by atoms with Gasteiger partial charge in [0.25, 0.3) is 0 Å². The predicted molar refractivity (Wildman–Crippen MR) is 183 cm³/mol. The van der Waals surface area contributed by atoms with Crippen LogP contribution in [0.1, 0.15) is 206 Å². The van der Waals surface area contributed by atoms with Gasteiger partial charge in [0.15, 0.2) is 0 Å². The molecule has 0 atom stereocenters. The zero-order chi connectivity index (χ0) is 28.6. The summed E-state index contributed by atoms with van der Waals surface area (Å²) >= 11 is 0. The first-order chi connectivity index (χ1) is 19.9. The topological polar surface area (TPSA) is 6.48 Å². The van der Waals surface area contributed by atoms with E-state index in [0.717, 1.165) is 0 Å². The third-order valence-corrected chi connectivity index (χ3v) is 9.59. The third-order valence-electron chi connectivity index (χ3n) is 9.59. The van der Waals surface area contributed by atoms with Crippen molar-refractivity contribution in [3.05, 3.63) is 0 Å². The average Bonchev–Trinajstić information content (AvgIpc) is 3.49. The fourth-order valence-corrected chi connectivity index (χ4v) is 6.68. The molecule has 0 unspecified atom stereocenters. The van der Waals surface area contributed by atoms with Crippen LogP contribution in [0.5, 0.6) is 0 Å². The number of hydrogen-bond acceptors (Lipinski definition) is 2. The van der Waals surface area contributed by atoms with Gasteiger partial charge >= 0.3 is 0 Å². The maximum atomic E-state index is 2.83. The second kappa shape index (κ2) is 31.8. The van der Waals surface area contributed by atoms with Crippen LogP contribution in [-0.4, -0.2) is 49.1 Å². The lowest BCUT2D eigenvalue weighted by molar-refractivity contribution is 0.217. The molecule has 240 valence electrons. The second-order valence-corrected chi connectivity index (χ2v) is 13.6. The molecule has 0 aromatic carbocycles. The largest absolute Gasteiger partial charge is 0.302 e. The highest BCUT2D eigenvalue weighted by Crippen LogP contribution is 2.15. The first-order valence-electron chi connectivity index (χ1n) is 19.3. The molecular weight excluding hydrogens is 484 g/mol.